The monoisotopic (exact) mass is 282 g/mol. The molecule has 1 aromatic carbocycles. The molecule has 0 saturated heterocycles. The van der Waals surface area contributed by atoms with Gasteiger partial charge in [0, 0.05) is 7.11 Å². The molecule has 0 aliphatic carbocycles. The third-order valence-corrected chi connectivity index (χ3v) is 4.97. The second-order valence-corrected chi connectivity index (χ2v) is 6.46. The van der Waals surface area contributed by atoms with E-state index in [2.05, 4.69) is 8.83 Å². The quantitative estimate of drug-likeness (QED) is 0.784. The Hall–Kier alpha value is -0.680. The zero-order valence-corrected chi connectivity index (χ0v) is 10.9. The molecular formula is C8H12O7P2. The molecule has 17 heavy (non-hydrogen) atoms. The third kappa shape index (κ3) is 3.92. The van der Waals surface area contributed by atoms with Crippen molar-refractivity contribution in [1.82, 2.24) is 0 Å². The van der Waals surface area contributed by atoms with Gasteiger partial charge in [0.1, 0.15) is 5.75 Å². The van der Waals surface area contributed by atoms with E-state index in [0.717, 1.165) is 7.11 Å². The van der Waals surface area contributed by atoms with E-state index >= 15 is 0 Å². The van der Waals surface area contributed by atoms with E-state index < -0.39 is 15.4 Å². The lowest BCUT2D eigenvalue weighted by atomic mass is 10.3. The van der Waals surface area contributed by atoms with E-state index in [9.17, 15) is 14.0 Å². The summed E-state index contributed by atoms with van der Waals surface area (Å²) < 4.78 is 35.8. The van der Waals surface area contributed by atoms with E-state index in [1.807, 2.05) is 0 Å². The summed E-state index contributed by atoms with van der Waals surface area (Å²) >= 11 is 0. The number of rotatable bonds is 5. The third-order valence-electron chi connectivity index (χ3n) is 1.84. The van der Waals surface area contributed by atoms with Crippen LogP contribution < -0.4 is 10.0 Å². The highest BCUT2D eigenvalue weighted by Crippen LogP contribution is 2.58. The van der Waals surface area contributed by atoms with Gasteiger partial charge < -0.3 is 14.5 Å². The van der Waals surface area contributed by atoms with Crippen molar-refractivity contribution in [3.05, 3.63) is 24.3 Å². The number of hydrogen-bond donors (Lipinski definition) is 2. The van der Waals surface area contributed by atoms with Crippen LogP contribution in [0.2, 0.25) is 0 Å². The Kier molecular flexibility index (Phi) is 4.49. The van der Waals surface area contributed by atoms with Gasteiger partial charge in [-0.3, -0.25) is 9.09 Å². The molecular weight excluding hydrogens is 270 g/mol. The van der Waals surface area contributed by atoms with Crippen molar-refractivity contribution in [2.45, 2.75) is 0 Å². The van der Waals surface area contributed by atoms with Crippen molar-refractivity contribution in [2.24, 2.45) is 0 Å². The molecule has 2 N–H and O–H groups in total. The Labute approximate surface area is 98.1 Å². The summed E-state index contributed by atoms with van der Waals surface area (Å²) in [5.74, 6) is 0.479. The lowest BCUT2D eigenvalue weighted by molar-refractivity contribution is 0.233. The summed E-state index contributed by atoms with van der Waals surface area (Å²) in [6.07, 6.45) is 0. The molecule has 7 nitrogen and oxygen atoms in total. The van der Waals surface area contributed by atoms with Crippen LogP contribution in [0.25, 0.3) is 0 Å². The first-order chi connectivity index (χ1) is 7.80. The summed E-state index contributed by atoms with van der Waals surface area (Å²) in [6.45, 7) is 0. The zero-order valence-electron chi connectivity index (χ0n) is 9.14. The summed E-state index contributed by atoms with van der Waals surface area (Å²) in [5.41, 5.74) is 0. The second-order valence-electron chi connectivity index (χ2n) is 2.95. The van der Waals surface area contributed by atoms with Gasteiger partial charge >= 0.3 is 15.4 Å². The molecule has 96 valence electrons. The van der Waals surface area contributed by atoms with Crippen LogP contribution in [0.4, 0.5) is 0 Å². The molecule has 9 heteroatoms. The highest BCUT2D eigenvalue weighted by Gasteiger charge is 2.34. The Morgan fingerprint density at radius 2 is 1.59 bits per heavy atom. The van der Waals surface area contributed by atoms with Gasteiger partial charge in [-0.05, 0) is 24.3 Å². The Morgan fingerprint density at radius 3 is 2.00 bits per heavy atom. The standard InChI is InChI=1S/C8H12O7P2/c1-13-7-3-5-8(6-4-7)16(9,10)15-17(11,12)14-2/h3-6H,1-2H3,(H,9,10)(H,11,12). The highest BCUT2D eigenvalue weighted by atomic mass is 31.3. The van der Waals surface area contributed by atoms with Crippen LogP contribution in [0.1, 0.15) is 0 Å². The SMILES string of the molecule is COc1ccc(P(=O)(O)OP(=O)(O)OC)cc1. The van der Waals surface area contributed by atoms with Crippen LogP contribution in [-0.4, -0.2) is 24.0 Å². The molecule has 0 radical (unpaired) electrons. The van der Waals surface area contributed by atoms with Crippen molar-refractivity contribution in [3.63, 3.8) is 0 Å². The van der Waals surface area contributed by atoms with Crippen LogP contribution >= 0.6 is 15.4 Å². The first-order valence-electron chi connectivity index (χ1n) is 4.38. The van der Waals surface area contributed by atoms with E-state index in [0.29, 0.717) is 5.75 Å². The number of phosphoric acid groups is 1. The minimum atomic E-state index is -4.52. The van der Waals surface area contributed by atoms with Crippen LogP contribution in [-0.2, 0) is 18.0 Å². The minimum Gasteiger partial charge on any atom is -0.497 e. The molecule has 1 rings (SSSR count). The van der Waals surface area contributed by atoms with Gasteiger partial charge in [0.25, 0.3) is 0 Å². The van der Waals surface area contributed by atoms with Crippen molar-refractivity contribution in [2.75, 3.05) is 14.2 Å². The molecule has 0 aliphatic rings. The lowest BCUT2D eigenvalue weighted by Crippen LogP contribution is -2.06. The van der Waals surface area contributed by atoms with Gasteiger partial charge in [0.2, 0.25) is 0 Å². The van der Waals surface area contributed by atoms with Gasteiger partial charge in [0.15, 0.2) is 0 Å². The van der Waals surface area contributed by atoms with Crippen LogP contribution in [0.5, 0.6) is 5.75 Å². The molecule has 0 bridgehead atoms. The summed E-state index contributed by atoms with van der Waals surface area (Å²) in [5, 5.41) is -0.135. The number of phosphoric ester groups is 1. The van der Waals surface area contributed by atoms with Crippen molar-refractivity contribution < 1.29 is 32.5 Å². The number of ether oxygens (including phenoxy) is 1. The van der Waals surface area contributed by atoms with Crippen LogP contribution in [0.15, 0.2) is 24.3 Å². The van der Waals surface area contributed by atoms with E-state index in [4.69, 9.17) is 9.63 Å². The molecule has 0 aromatic heterocycles. The molecule has 0 heterocycles. The largest absolute Gasteiger partial charge is 0.497 e. The second kappa shape index (κ2) is 5.31. The first-order valence-corrected chi connectivity index (χ1v) is 7.45. The molecule has 0 aliphatic heterocycles. The van der Waals surface area contributed by atoms with Gasteiger partial charge in [-0.25, -0.2) is 8.88 Å². The number of hydrogen-bond acceptors (Lipinski definition) is 5. The maximum absolute atomic E-state index is 11.7. The van der Waals surface area contributed by atoms with Gasteiger partial charge in [-0.1, -0.05) is 0 Å². The predicted molar refractivity (Wildman–Crippen MR) is 60.4 cm³/mol. The molecule has 0 amide bonds. The fraction of sp³-hybridized carbons (Fsp3) is 0.250. The van der Waals surface area contributed by atoms with Crippen molar-refractivity contribution >= 4 is 20.7 Å². The number of benzene rings is 1. The average Bonchev–Trinajstić information content (AvgIpc) is 2.28. The first kappa shape index (κ1) is 14.4. The topological polar surface area (TPSA) is 102 Å². The predicted octanol–water partition coefficient (Wildman–Crippen LogP) is 1.27. The molecule has 0 spiro atoms. The molecule has 1 aromatic rings. The van der Waals surface area contributed by atoms with Crippen molar-refractivity contribution in [3.8, 4) is 5.75 Å². The Balaban J connectivity index is 2.97. The van der Waals surface area contributed by atoms with Crippen LogP contribution in [0.3, 0.4) is 0 Å². The van der Waals surface area contributed by atoms with Gasteiger partial charge in [-0.15, -0.1) is 0 Å². The zero-order chi connectivity index (χ0) is 13.1. The minimum absolute atomic E-state index is 0.135. The van der Waals surface area contributed by atoms with E-state index in [1.165, 1.54) is 31.4 Å². The van der Waals surface area contributed by atoms with Crippen LogP contribution in [0, 0.1) is 0 Å². The van der Waals surface area contributed by atoms with E-state index in [-0.39, 0.29) is 5.30 Å². The van der Waals surface area contributed by atoms with Crippen molar-refractivity contribution in [1.29, 1.82) is 0 Å². The summed E-state index contributed by atoms with van der Waals surface area (Å²) in [6, 6.07) is 5.37. The highest BCUT2D eigenvalue weighted by molar-refractivity contribution is 7.69. The molecule has 2 unspecified atom stereocenters. The molecule has 0 saturated carbocycles. The summed E-state index contributed by atoms with van der Waals surface area (Å²) in [7, 11) is -6.59. The normalized spacial score (nSPS) is 18.1. The molecule has 2 atom stereocenters. The average molecular weight is 282 g/mol. The summed E-state index contributed by atoms with van der Waals surface area (Å²) in [4.78, 5) is 18.5. The molecule has 0 fully saturated rings. The fourth-order valence-electron chi connectivity index (χ4n) is 0.991. The van der Waals surface area contributed by atoms with E-state index in [1.54, 1.807) is 0 Å². The maximum Gasteiger partial charge on any atom is 0.479 e. The van der Waals surface area contributed by atoms with Gasteiger partial charge in [0.05, 0.1) is 12.4 Å². The smallest absolute Gasteiger partial charge is 0.479 e. The number of methoxy groups -OCH3 is 1. The maximum atomic E-state index is 11.7. The fourth-order valence-corrected chi connectivity index (χ4v) is 3.28. The van der Waals surface area contributed by atoms with Gasteiger partial charge in [-0.2, -0.15) is 0 Å². The Bertz CT molecular complexity index is 469. The lowest BCUT2D eigenvalue weighted by Gasteiger charge is -2.14. The Morgan fingerprint density at radius 1 is 1.06 bits per heavy atom.